The molecule has 0 saturated heterocycles. The first-order valence-electron chi connectivity index (χ1n) is 5.93. The molecule has 0 saturated carbocycles. The van der Waals surface area contributed by atoms with Gasteiger partial charge in [-0.1, -0.05) is 13.8 Å². The van der Waals surface area contributed by atoms with Gasteiger partial charge in [0.25, 0.3) is 0 Å². The van der Waals surface area contributed by atoms with Crippen molar-refractivity contribution in [3.05, 3.63) is 0 Å². The largest absolute Gasteiger partial charge is 0.460 e. The molecular weight excluding hydrogens is 208 g/mol. The molecule has 0 fully saturated rings. The predicted molar refractivity (Wildman–Crippen MR) is 62.1 cm³/mol. The highest BCUT2D eigenvalue weighted by Gasteiger charge is 2.17. The van der Waals surface area contributed by atoms with Crippen molar-refractivity contribution in [1.82, 2.24) is 0 Å². The fourth-order valence-corrected chi connectivity index (χ4v) is 1.01. The van der Waals surface area contributed by atoms with Gasteiger partial charge in [-0.2, -0.15) is 0 Å². The third-order valence-corrected chi connectivity index (χ3v) is 2.34. The zero-order chi connectivity index (χ0) is 12.6. The van der Waals surface area contributed by atoms with Gasteiger partial charge in [-0.3, -0.25) is 4.79 Å². The molecule has 4 nitrogen and oxygen atoms in total. The Labute approximate surface area is 98.3 Å². The fraction of sp³-hybridized carbons (Fsp3) is 0.917. The highest BCUT2D eigenvalue weighted by Crippen LogP contribution is 2.09. The van der Waals surface area contributed by atoms with Crippen molar-refractivity contribution in [2.75, 3.05) is 6.61 Å². The van der Waals surface area contributed by atoms with Crippen molar-refractivity contribution in [3.8, 4) is 0 Å². The van der Waals surface area contributed by atoms with Gasteiger partial charge in [-0.25, -0.2) is 0 Å². The van der Waals surface area contributed by atoms with E-state index in [1.54, 1.807) is 0 Å². The summed E-state index contributed by atoms with van der Waals surface area (Å²) in [5.74, 6) is -0.314. The van der Waals surface area contributed by atoms with E-state index in [1.807, 2.05) is 27.7 Å². The molecule has 0 aromatic heterocycles. The summed E-state index contributed by atoms with van der Waals surface area (Å²) < 4.78 is 16.2. The van der Waals surface area contributed by atoms with Gasteiger partial charge < -0.3 is 14.2 Å². The first-order valence-corrected chi connectivity index (χ1v) is 5.93. The lowest BCUT2D eigenvalue weighted by Crippen LogP contribution is -2.31. The molecule has 0 aliphatic carbocycles. The number of hydrogen-bond donors (Lipinski definition) is 0. The first-order chi connectivity index (χ1) is 7.49. The Hall–Kier alpha value is -0.610. The van der Waals surface area contributed by atoms with E-state index in [0.29, 0.717) is 0 Å². The van der Waals surface area contributed by atoms with Crippen molar-refractivity contribution in [3.63, 3.8) is 0 Å². The molecule has 0 aliphatic rings. The van der Waals surface area contributed by atoms with E-state index < -0.39 is 6.29 Å². The van der Waals surface area contributed by atoms with Gasteiger partial charge in [0.05, 0.1) is 12.2 Å². The van der Waals surface area contributed by atoms with Crippen molar-refractivity contribution >= 4 is 5.97 Å². The Kier molecular flexibility index (Phi) is 8.21. The third-order valence-electron chi connectivity index (χ3n) is 2.34. The Bertz CT molecular complexity index is 181. The standard InChI is InChI=1S/C12H24O4/c1-6-9(3)15-12(8-14-11(5)13)16-10(4)7-2/h9-10,12H,6-8H2,1-5H3. The van der Waals surface area contributed by atoms with E-state index in [0.717, 1.165) is 12.8 Å². The highest BCUT2D eigenvalue weighted by molar-refractivity contribution is 5.65. The summed E-state index contributed by atoms with van der Waals surface area (Å²) in [5, 5.41) is 0. The van der Waals surface area contributed by atoms with Crippen LogP contribution in [0.5, 0.6) is 0 Å². The van der Waals surface area contributed by atoms with Crippen LogP contribution in [0.4, 0.5) is 0 Å². The minimum atomic E-state index is -0.464. The average Bonchev–Trinajstić information content (AvgIpc) is 2.25. The summed E-state index contributed by atoms with van der Waals surface area (Å²) in [7, 11) is 0. The van der Waals surface area contributed by atoms with Gasteiger partial charge in [-0.05, 0) is 26.7 Å². The summed E-state index contributed by atoms with van der Waals surface area (Å²) in [6, 6.07) is 0. The van der Waals surface area contributed by atoms with Crippen LogP contribution in [-0.2, 0) is 19.0 Å². The molecule has 0 aromatic rings. The Balaban J connectivity index is 4.09. The number of carbonyl (C=O) groups is 1. The van der Waals surface area contributed by atoms with E-state index >= 15 is 0 Å². The van der Waals surface area contributed by atoms with Crippen molar-refractivity contribution in [1.29, 1.82) is 0 Å². The molecular formula is C12H24O4. The quantitative estimate of drug-likeness (QED) is 0.476. The van der Waals surface area contributed by atoms with Crippen molar-refractivity contribution in [2.45, 2.75) is 66.0 Å². The van der Waals surface area contributed by atoms with E-state index in [2.05, 4.69) is 0 Å². The maximum Gasteiger partial charge on any atom is 0.302 e. The molecule has 4 heteroatoms. The molecule has 16 heavy (non-hydrogen) atoms. The smallest absolute Gasteiger partial charge is 0.302 e. The number of hydrogen-bond acceptors (Lipinski definition) is 4. The van der Waals surface area contributed by atoms with Gasteiger partial charge in [0.2, 0.25) is 0 Å². The van der Waals surface area contributed by atoms with Crippen LogP contribution in [0.2, 0.25) is 0 Å². The van der Waals surface area contributed by atoms with Gasteiger partial charge in [0, 0.05) is 6.92 Å². The second-order valence-corrected chi connectivity index (χ2v) is 3.94. The van der Waals surface area contributed by atoms with E-state index in [4.69, 9.17) is 14.2 Å². The van der Waals surface area contributed by atoms with E-state index in [9.17, 15) is 4.79 Å². The zero-order valence-electron chi connectivity index (χ0n) is 11.0. The fourth-order valence-electron chi connectivity index (χ4n) is 1.01. The van der Waals surface area contributed by atoms with Gasteiger partial charge >= 0.3 is 5.97 Å². The summed E-state index contributed by atoms with van der Waals surface area (Å²) in [4.78, 5) is 10.7. The maximum absolute atomic E-state index is 10.7. The van der Waals surface area contributed by atoms with Crippen LogP contribution in [0.1, 0.15) is 47.5 Å². The SMILES string of the molecule is CCC(C)OC(COC(C)=O)OC(C)CC. The summed E-state index contributed by atoms with van der Waals surface area (Å²) in [6.45, 7) is 9.56. The van der Waals surface area contributed by atoms with Crippen LogP contribution in [0.15, 0.2) is 0 Å². The van der Waals surface area contributed by atoms with Crippen LogP contribution in [0, 0.1) is 0 Å². The van der Waals surface area contributed by atoms with E-state index in [1.165, 1.54) is 6.92 Å². The summed E-state index contributed by atoms with van der Waals surface area (Å²) in [5.41, 5.74) is 0. The average molecular weight is 232 g/mol. The normalized spacial score (nSPS) is 16.6. The van der Waals surface area contributed by atoms with Crippen LogP contribution < -0.4 is 0 Å². The Morgan fingerprint density at radius 3 is 1.81 bits per heavy atom. The zero-order valence-corrected chi connectivity index (χ0v) is 11.0. The van der Waals surface area contributed by atoms with Gasteiger partial charge in [-0.15, -0.1) is 0 Å². The van der Waals surface area contributed by atoms with Gasteiger partial charge in [0.1, 0.15) is 6.61 Å². The first kappa shape index (κ1) is 15.4. The lowest BCUT2D eigenvalue weighted by atomic mass is 10.3. The van der Waals surface area contributed by atoms with Crippen LogP contribution in [0.3, 0.4) is 0 Å². The molecule has 0 aromatic carbocycles. The number of rotatable bonds is 8. The van der Waals surface area contributed by atoms with Crippen LogP contribution >= 0.6 is 0 Å². The molecule has 0 radical (unpaired) electrons. The highest BCUT2D eigenvalue weighted by atomic mass is 16.7. The van der Waals surface area contributed by atoms with Crippen LogP contribution in [0.25, 0.3) is 0 Å². The molecule has 0 amide bonds. The summed E-state index contributed by atoms with van der Waals surface area (Å²) >= 11 is 0. The summed E-state index contributed by atoms with van der Waals surface area (Å²) in [6.07, 6.45) is 1.55. The lowest BCUT2D eigenvalue weighted by molar-refractivity contribution is -0.212. The Morgan fingerprint density at radius 2 is 1.50 bits per heavy atom. The minimum absolute atomic E-state index is 0.101. The number of ether oxygens (including phenoxy) is 3. The topological polar surface area (TPSA) is 44.8 Å². The second-order valence-electron chi connectivity index (χ2n) is 3.94. The molecule has 0 N–H and O–H groups in total. The molecule has 0 rings (SSSR count). The van der Waals surface area contributed by atoms with Crippen molar-refractivity contribution < 1.29 is 19.0 Å². The lowest BCUT2D eigenvalue weighted by Gasteiger charge is -2.24. The molecule has 0 aliphatic heterocycles. The molecule has 0 heterocycles. The Morgan fingerprint density at radius 1 is 1.06 bits per heavy atom. The number of carbonyl (C=O) groups excluding carboxylic acids is 1. The van der Waals surface area contributed by atoms with Crippen molar-refractivity contribution in [2.24, 2.45) is 0 Å². The second kappa shape index (κ2) is 8.53. The van der Waals surface area contributed by atoms with Gasteiger partial charge in [0.15, 0.2) is 6.29 Å². The minimum Gasteiger partial charge on any atom is -0.460 e. The molecule has 0 bridgehead atoms. The number of esters is 1. The maximum atomic E-state index is 10.7. The molecule has 96 valence electrons. The third kappa shape index (κ3) is 7.65. The van der Waals surface area contributed by atoms with Crippen LogP contribution in [-0.4, -0.2) is 31.1 Å². The van der Waals surface area contributed by atoms with E-state index in [-0.39, 0.29) is 24.8 Å². The predicted octanol–water partition coefficient (Wildman–Crippen LogP) is 2.51. The molecule has 2 unspecified atom stereocenters. The molecule has 0 spiro atoms. The monoisotopic (exact) mass is 232 g/mol. The molecule has 2 atom stereocenters.